The number of nitrogen functional groups attached to an aromatic ring is 1. The van der Waals surface area contributed by atoms with Crippen LogP contribution in [0.15, 0.2) is 36.4 Å². The Labute approximate surface area is 189 Å². The van der Waals surface area contributed by atoms with Crippen LogP contribution < -0.4 is 15.8 Å². The van der Waals surface area contributed by atoms with E-state index in [1.807, 2.05) is 23.1 Å². The van der Waals surface area contributed by atoms with Crippen molar-refractivity contribution in [3.05, 3.63) is 47.7 Å². The number of anilines is 2. The van der Waals surface area contributed by atoms with E-state index in [0.717, 1.165) is 31.6 Å². The molecule has 7 heteroatoms. The molecule has 2 fully saturated rings. The second-order valence-electron chi connectivity index (χ2n) is 8.83. The molecule has 1 saturated carbocycles. The molecule has 2 aliphatic rings. The Kier molecular flexibility index (Phi) is 6.93. The van der Waals surface area contributed by atoms with Gasteiger partial charge >= 0.3 is 0 Å². The number of carbonyl (C=O) groups excluding carboxylic acids is 2. The van der Waals surface area contributed by atoms with Gasteiger partial charge in [0.05, 0.1) is 18.4 Å². The van der Waals surface area contributed by atoms with E-state index in [9.17, 15) is 9.59 Å². The molecular formula is C25H32N4O3. The lowest BCUT2D eigenvalue weighted by molar-refractivity contribution is -0.133. The van der Waals surface area contributed by atoms with Gasteiger partial charge in [-0.15, -0.1) is 0 Å². The van der Waals surface area contributed by atoms with Gasteiger partial charge in [0.25, 0.3) is 5.91 Å². The van der Waals surface area contributed by atoms with Crippen molar-refractivity contribution in [1.82, 2.24) is 9.88 Å². The number of benzene rings is 1. The van der Waals surface area contributed by atoms with Crippen LogP contribution in [0.5, 0.6) is 5.75 Å². The van der Waals surface area contributed by atoms with Crippen LogP contribution in [0.4, 0.5) is 11.5 Å². The molecular weight excluding hydrogens is 404 g/mol. The lowest BCUT2D eigenvalue weighted by atomic mass is 9.92. The highest BCUT2D eigenvalue weighted by Gasteiger charge is 2.27. The number of ether oxygens (including phenoxy) is 1. The summed E-state index contributed by atoms with van der Waals surface area (Å²) in [5.41, 5.74) is 7.96. The minimum absolute atomic E-state index is 0.217. The maximum absolute atomic E-state index is 12.7. The predicted octanol–water partition coefficient (Wildman–Crippen LogP) is 4.21. The van der Waals surface area contributed by atoms with Gasteiger partial charge in [-0.3, -0.25) is 9.59 Å². The average Bonchev–Trinajstić information content (AvgIpc) is 3.32. The van der Waals surface area contributed by atoms with Crippen LogP contribution in [0.3, 0.4) is 0 Å². The Hall–Kier alpha value is -3.09. The summed E-state index contributed by atoms with van der Waals surface area (Å²) in [5, 5.41) is 2.84. The Morgan fingerprint density at radius 1 is 1.09 bits per heavy atom. The van der Waals surface area contributed by atoms with Crippen LogP contribution in [0.1, 0.15) is 66.9 Å². The summed E-state index contributed by atoms with van der Waals surface area (Å²) in [6, 6.07) is 10.8. The molecule has 1 aromatic carbocycles. The van der Waals surface area contributed by atoms with Gasteiger partial charge in [-0.2, -0.15) is 0 Å². The van der Waals surface area contributed by atoms with E-state index < -0.39 is 0 Å². The molecule has 0 spiro atoms. The molecule has 0 unspecified atom stereocenters. The van der Waals surface area contributed by atoms with Crippen molar-refractivity contribution in [2.24, 2.45) is 5.92 Å². The van der Waals surface area contributed by atoms with Crippen LogP contribution in [0, 0.1) is 5.92 Å². The zero-order chi connectivity index (χ0) is 22.5. The van der Waals surface area contributed by atoms with Crippen molar-refractivity contribution in [2.75, 3.05) is 31.2 Å². The number of piperidine rings is 1. The van der Waals surface area contributed by atoms with Crippen LogP contribution in [-0.2, 0) is 4.79 Å². The third-order valence-electron chi connectivity index (χ3n) is 6.75. The Morgan fingerprint density at radius 3 is 2.50 bits per heavy atom. The minimum atomic E-state index is -0.321. The molecule has 1 aromatic heterocycles. The molecule has 2 amide bonds. The topological polar surface area (TPSA) is 97.5 Å². The van der Waals surface area contributed by atoms with Gasteiger partial charge in [-0.25, -0.2) is 4.98 Å². The highest BCUT2D eigenvalue weighted by Crippen LogP contribution is 2.31. The fourth-order valence-corrected chi connectivity index (χ4v) is 4.86. The number of nitrogens with two attached hydrogens (primary N) is 1. The largest absolute Gasteiger partial charge is 0.495 e. The highest BCUT2D eigenvalue weighted by molar-refractivity contribution is 6.07. The number of para-hydroxylation sites is 2. The molecule has 1 aliphatic carbocycles. The van der Waals surface area contributed by atoms with Crippen molar-refractivity contribution in [2.45, 2.75) is 50.9 Å². The third-order valence-corrected chi connectivity index (χ3v) is 6.75. The van der Waals surface area contributed by atoms with Gasteiger partial charge < -0.3 is 20.7 Å². The molecule has 0 atom stereocenters. The molecule has 1 saturated heterocycles. The number of aromatic nitrogens is 1. The van der Waals surface area contributed by atoms with Gasteiger partial charge in [0.2, 0.25) is 5.91 Å². The maximum Gasteiger partial charge on any atom is 0.259 e. The van der Waals surface area contributed by atoms with Crippen LogP contribution in [0.25, 0.3) is 0 Å². The van der Waals surface area contributed by atoms with E-state index in [1.165, 1.54) is 25.7 Å². The van der Waals surface area contributed by atoms with E-state index in [0.29, 0.717) is 35.2 Å². The monoisotopic (exact) mass is 436 g/mol. The van der Waals surface area contributed by atoms with Crippen LogP contribution >= 0.6 is 0 Å². The Balaban J connectivity index is 1.35. The van der Waals surface area contributed by atoms with E-state index in [1.54, 1.807) is 25.3 Å². The highest BCUT2D eigenvalue weighted by atomic mass is 16.5. The summed E-state index contributed by atoms with van der Waals surface area (Å²) in [7, 11) is 1.56. The minimum Gasteiger partial charge on any atom is -0.495 e. The smallest absolute Gasteiger partial charge is 0.259 e. The molecule has 32 heavy (non-hydrogen) atoms. The number of methoxy groups -OCH3 is 1. The number of hydrogen-bond donors (Lipinski definition) is 2. The van der Waals surface area contributed by atoms with Gasteiger partial charge in [0, 0.05) is 31.1 Å². The lowest BCUT2D eigenvalue weighted by Crippen LogP contribution is -2.38. The summed E-state index contributed by atoms with van der Waals surface area (Å²) >= 11 is 0. The molecule has 170 valence electrons. The first kappa shape index (κ1) is 22.1. The number of rotatable bonds is 6. The first-order chi connectivity index (χ1) is 15.5. The standard InChI is InChI=1S/C25H32N4O3/c1-32-22-9-5-4-8-21(22)28-25(31)19-10-11-20(27-24(19)26)18-12-14-29(15-13-18)23(30)16-17-6-2-3-7-17/h4-5,8-11,17-18H,2-3,6-7,12-16H2,1H3,(H2,26,27)(H,28,31). The molecule has 2 aromatic rings. The number of likely N-dealkylation sites (tertiary alicyclic amines) is 1. The first-order valence-corrected chi connectivity index (χ1v) is 11.5. The van der Waals surface area contributed by atoms with Gasteiger partial charge in [0.15, 0.2) is 0 Å². The van der Waals surface area contributed by atoms with Crippen molar-refractivity contribution < 1.29 is 14.3 Å². The molecule has 4 rings (SSSR count). The zero-order valence-electron chi connectivity index (χ0n) is 18.7. The predicted molar refractivity (Wildman–Crippen MR) is 125 cm³/mol. The Morgan fingerprint density at radius 2 is 1.81 bits per heavy atom. The van der Waals surface area contributed by atoms with Crippen LogP contribution in [-0.4, -0.2) is 41.9 Å². The molecule has 3 N–H and O–H groups in total. The summed E-state index contributed by atoms with van der Waals surface area (Å²) in [5.74, 6) is 1.60. The molecule has 7 nitrogen and oxygen atoms in total. The van der Waals surface area contributed by atoms with Gasteiger partial charge in [-0.05, 0) is 55.9 Å². The number of carbonyl (C=O) groups is 2. The fraction of sp³-hybridized carbons (Fsp3) is 0.480. The maximum atomic E-state index is 12.7. The fourth-order valence-electron chi connectivity index (χ4n) is 4.86. The second-order valence-corrected chi connectivity index (χ2v) is 8.83. The van der Waals surface area contributed by atoms with Gasteiger partial charge in [-0.1, -0.05) is 25.0 Å². The SMILES string of the molecule is COc1ccccc1NC(=O)c1ccc(C2CCN(C(=O)CC3CCCC3)CC2)nc1N. The third kappa shape index (κ3) is 5.03. The first-order valence-electron chi connectivity index (χ1n) is 11.5. The van der Waals surface area contributed by atoms with E-state index in [2.05, 4.69) is 10.3 Å². The normalized spacial score (nSPS) is 17.3. The van der Waals surface area contributed by atoms with Crippen molar-refractivity contribution in [3.8, 4) is 5.75 Å². The molecule has 1 aliphatic heterocycles. The Bertz CT molecular complexity index is 963. The number of amides is 2. The summed E-state index contributed by atoms with van der Waals surface area (Å²) in [6.07, 6.45) is 7.36. The van der Waals surface area contributed by atoms with Crippen LogP contribution in [0.2, 0.25) is 0 Å². The van der Waals surface area contributed by atoms with Crippen molar-refractivity contribution in [1.29, 1.82) is 0 Å². The number of nitrogens with zero attached hydrogens (tertiary/aromatic N) is 2. The summed E-state index contributed by atoms with van der Waals surface area (Å²) in [4.78, 5) is 31.9. The summed E-state index contributed by atoms with van der Waals surface area (Å²) < 4.78 is 5.28. The molecule has 2 heterocycles. The van der Waals surface area contributed by atoms with E-state index >= 15 is 0 Å². The number of hydrogen-bond acceptors (Lipinski definition) is 5. The number of pyridine rings is 1. The lowest BCUT2D eigenvalue weighted by Gasteiger charge is -2.32. The van der Waals surface area contributed by atoms with E-state index in [-0.39, 0.29) is 17.6 Å². The van der Waals surface area contributed by atoms with Gasteiger partial charge in [0.1, 0.15) is 11.6 Å². The molecule has 0 radical (unpaired) electrons. The quantitative estimate of drug-likeness (QED) is 0.707. The summed E-state index contributed by atoms with van der Waals surface area (Å²) in [6.45, 7) is 1.52. The van der Waals surface area contributed by atoms with E-state index in [4.69, 9.17) is 10.5 Å². The molecule has 0 bridgehead atoms. The van der Waals surface area contributed by atoms with Crippen molar-refractivity contribution in [3.63, 3.8) is 0 Å². The zero-order valence-corrected chi connectivity index (χ0v) is 18.7. The average molecular weight is 437 g/mol. The second kappa shape index (κ2) is 10.0. The van der Waals surface area contributed by atoms with Crippen molar-refractivity contribution >= 4 is 23.3 Å². The number of nitrogens with one attached hydrogen (secondary N) is 1.